The van der Waals surface area contributed by atoms with Crippen molar-refractivity contribution in [3.05, 3.63) is 59.0 Å². The summed E-state index contributed by atoms with van der Waals surface area (Å²) in [5.41, 5.74) is 5.88. The predicted molar refractivity (Wildman–Crippen MR) is 122 cm³/mol. The smallest absolute Gasteiger partial charge is 0.307 e. The molecule has 33 heavy (non-hydrogen) atoms. The molecule has 0 radical (unpaired) electrons. The van der Waals surface area contributed by atoms with E-state index >= 15 is 0 Å². The number of fused-ring (bicyclic) bond motifs is 3. The number of nitrogens with one attached hydrogen (secondary N) is 1. The van der Waals surface area contributed by atoms with E-state index in [9.17, 15) is 9.59 Å². The van der Waals surface area contributed by atoms with Crippen LogP contribution in [0, 0.1) is 0 Å². The molecular weight excluding hydrogens is 418 g/mol. The van der Waals surface area contributed by atoms with E-state index in [4.69, 9.17) is 9.72 Å². The number of aryl methyl sites for hydroxylation is 2. The van der Waals surface area contributed by atoms with Gasteiger partial charge in [-0.25, -0.2) is 14.6 Å². The quantitative estimate of drug-likeness (QED) is 0.560. The van der Waals surface area contributed by atoms with Crippen LogP contribution >= 0.6 is 0 Å². The lowest BCUT2D eigenvalue weighted by molar-refractivity contribution is -0.142. The number of hydrogen-bond donors (Lipinski definition) is 1. The minimum Gasteiger partial charge on any atom is -0.466 e. The Bertz CT molecular complexity index is 1200. The van der Waals surface area contributed by atoms with Gasteiger partial charge in [0.05, 0.1) is 36.2 Å². The van der Waals surface area contributed by atoms with Crippen molar-refractivity contribution < 1.29 is 14.3 Å². The molecule has 170 valence electrons. The van der Waals surface area contributed by atoms with Gasteiger partial charge in [-0.3, -0.25) is 9.59 Å². The van der Waals surface area contributed by atoms with Crippen molar-refractivity contribution in [2.24, 2.45) is 0 Å². The van der Waals surface area contributed by atoms with Gasteiger partial charge >= 0.3 is 5.97 Å². The molecule has 2 aliphatic rings. The summed E-state index contributed by atoms with van der Waals surface area (Å²) >= 11 is 0. The van der Waals surface area contributed by atoms with Crippen LogP contribution in [0.15, 0.2) is 36.7 Å². The second-order valence-electron chi connectivity index (χ2n) is 8.50. The second-order valence-corrected chi connectivity index (χ2v) is 8.50. The lowest BCUT2D eigenvalue weighted by Crippen LogP contribution is -2.27. The average Bonchev–Trinajstić information content (AvgIpc) is 3.60. The Labute approximate surface area is 192 Å². The van der Waals surface area contributed by atoms with Crippen molar-refractivity contribution in [3.63, 3.8) is 0 Å². The number of esters is 1. The Balaban J connectivity index is 1.45. The zero-order valence-electron chi connectivity index (χ0n) is 18.7. The average molecular weight is 446 g/mol. The zero-order valence-corrected chi connectivity index (χ0v) is 18.7. The maximum absolute atomic E-state index is 12.9. The number of ether oxygens (including phenoxy) is 1. The molecule has 0 spiro atoms. The molecule has 1 N–H and O–H groups in total. The summed E-state index contributed by atoms with van der Waals surface area (Å²) in [6.07, 6.45) is 8.65. The first-order valence-electron chi connectivity index (χ1n) is 11.6. The molecule has 2 aromatic heterocycles. The van der Waals surface area contributed by atoms with Crippen molar-refractivity contribution in [1.29, 1.82) is 0 Å². The number of amides is 1. The molecule has 3 aromatic rings. The maximum Gasteiger partial charge on any atom is 0.307 e. The molecule has 2 heterocycles. The van der Waals surface area contributed by atoms with Gasteiger partial charge in [-0.15, -0.1) is 0 Å². The van der Waals surface area contributed by atoms with E-state index in [0.29, 0.717) is 18.1 Å². The first-order chi connectivity index (χ1) is 16.2. The third kappa shape index (κ3) is 4.37. The normalized spacial score (nSPS) is 14.7. The Kier molecular flexibility index (Phi) is 5.90. The minimum atomic E-state index is -0.324. The van der Waals surface area contributed by atoms with Crippen molar-refractivity contribution in [2.75, 3.05) is 13.2 Å². The fourth-order valence-electron chi connectivity index (χ4n) is 4.40. The second kappa shape index (κ2) is 9.13. The van der Waals surface area contributed by atoms with Crippen LogP contribution < -0.4 is 5.32 Å². The molecule has 8 nitrogen and oxygen atoms in total. The van der Waals surface area contributed by atoms with Crippen LogP contribution in [0.5, 0.6) is 0 Å². The molecule has 0 aliphatic heterocycles. The number of rotatable bonds is 7. The minimum absolute atomic E-state index is 0.139. The summed E-state index contributed by atoms with van der Waals surface area (Å²) in [5, 5.41) is 7.32. The topological polar surface area (TPSA) is 99.0 Å². The number of nitrogens with zero attached hydrogens (tertiary/aromatic N) is 4. The first-order valence-corrected chi connectivity index (χ1v) is 11.6. The van der Waals surface area contributed by atoms with Gasteiger partial charge in [-0.2, -0.15) is 5.10 Å². The van der Waals surface area contributed by atoms with E-state index < -0.39 is 0 Å². The molecule has 1 amide bonds. The number of carbonyl (C=O) groups excluding carboxylic acids is 2. The molecule has 1 saturated carbocycles. The Morgan fingerprint density at radius 1 is 1.15 bits per heavy atom. The van der Waals surface area contributed by atoms with Crippen LogP contribution in [0.25, 0.3) is 17.2 Å². The lowest BCUT2D eigenvalue weighted by Gasteiger charge is -2.12. The number of hydrogen-bond acceptors (Lipinski definition) is 6. The molecule has 1 fully saturated rings. The molecule has 0 unspecified atom stereocenters. The molecular formula is C25H27N5O3. The molecule has 8 heteroatoms. The fourth-order valence-corrected chi connectivity index (χ4v) is 4.40. The van der Waals surface area contributed by atoms with Crippen LogP contribution in [0.1, 0.15) is 65.7 Å². The van der Waals surface area contributed by atoms with Gasteiger partial charge in [0.1, 0.15) is 0 Å². The summed E-state index contributed by atoms with van der Waals surface area (Å²) in [6, 6.07) is 8.38. The standard InChI is InChI=1S/C25H27N5O3/c1-2-33-21(31)12-13-26-24(32)20-15-28-30(23(20)17-10-11-17)25-27-14-18-8-5-7-16-6-3-4-9-19(16)22(18)29-25/h3-4,6,9,14-15,17H,2,5,7-8,10-13H2,1H3,(H,26,32). The highest BCUT2D eigenvalue weighted by molar-refractivity contribution is 5.95. The molecule has 0 atom stereocenters. The summed E-state index contributed by atoms with van der Waals surface area (Å²) in [7, 11) is 0. The van der Waals surface area contributed by atoms with Crippen molar-refractivity contribution in [1.82, 2.24) is 25.1 Å². The van der Waals surface area contributed by atoms with Crippen LogP contribution in [0.3, 0.4) is 0 Å². The molecule has 5 rings (SSSR count). The van der Waals surface area contributed by atoms with E-state index in [1.165, 1.54) is 5.56 Å². The highest BCUT2D eigenvalue weighted by atomic mass is 16.5. The number of benzene rings is 1. The van der Waals surface area contributed by atoms with Gasteiger partial charge in [-0.05, 0) is 50.2 Å². The van der Waals surface area contributed by atoms with Crippen LogP contribution in [-0.2, 0) is 22.4 Å². The monoisotopic (exact) mass is 445 g/mol. The van der Waals surface area contributed by atoms with Crippen molar-refractivity contribution >= 4 is 11.9 Å². The Morgan fingerprint density at radius 2 is 1.97 bits per heavy atom. The van der Waals surface area contributed by atoms with E-state index in [1.807, 2.05) is 12.3 Å². The van der Waals surface area contributed by atoms with E-state index in [0.717, 1.165) is 54.6 Å². The third-order valence-electron chi connectivity index (χ3n) is 6.14. The van der Waals surface area contributed by atoms with Gasteiger partial charge < -0.3 is 10.1 Å². The third-order valence-corrected chi connectivity index (χ3v) is 6.14. The zero-order chi connectivity index (χ0) is 22.8. The van der Waals surface area contributed by atoms with Crippen molar-refractivity contribution in [3.8, 4) is 17.2 Å². The van der Waals surface area contributed by atoms with Crippen LogP contribution in [0.2, 0.25) is 0 Å². The largest absolute Gasteiger partial charge is 0.466 e. The highest BCUT2D eigenvalue weighted by Gasteiger charge is 2.34. The molecule has 0 saturated heterocycles. The Morgan fingerprint density at radius 3 is 2.79 bits per heavy atom. The van der Waals surface area contributed by atoms with Gasteiger partial charge in [-0.1, -0.05) is 24.3 Å². The van der Waals surface area contributed by atoms with Gasteiger partial charge in [0.25, 0.3) is 11.9 Å². The van der Waals surface area contributed by atoms with E-state index in [1.54, 1.807) is 17.8 Å². The van der Waals surface area contributed by atoms with Crippen LogP contribution in [0.4, 0.5) is 0 Å². The number of aromatic nitrogens is 4. The SMILES string of the molecule is CCOC(=O)CCNC(=O)c1cnn(-c2ncc3c(n2)-c2ccccc2CCC3)c1C1CC1. The van der Waals surface area contributed by atoms with Gasteiger partial charge in [0.15, 0.2) is 0 Å². The summed E-state index contributed by atoms with van der Waals surface area (Å²) in [6.45, 7) is 2.31. The summed E-state index contributed by atoms with van der Waals surface area (Å²) < 4.78 is 6.63. The molecule has 0 bridgehead atoms. The Hall–Kier alpha value is -3.55. The highest BCUT2D eigenvalue weighted by Crippen LogP contribution is 2.42. The van der Waals surface area contributed by atoms with Gasteiger partial charge in [0.2, 0.25) is 0 Å². The lowest BCUT2D eigenvalue weighted by atomic mass is 10.0. The van der Waals surface area contributed by atoms with E-state index in [2.05, 4.69) is 33.6 Å². The molecule has 2 aliphatic carbocycles. The maximum atomic E-state index is 12.9. The van der Waals surface area contributed by atoms with Crippen molar-refractivity contribution in [2.45, 2.75) is 51.4 Å². The summed E-state index contributed by atoms with van der Waals surface area (Å²) in [4.78, 5) is 34.0. The molecule has 1 aromatic carbocycles. The van der Waals surface area contributed by atoms with Gasteiger partial charge in [0, 0.05) is 24.2 Å². The van der Waals surface area contributed by atoms with E-state index in [-0.39, 0.29) is 30.8 Å². The fraction of sp³-hybridized carbons (Fsp3) is 0.400. The number of carbonyl (C=O) groups is 2. The predicted octanol–water partition coefficient (Wildman–Crippen LogP) is 3.38. The summed E-state index contributed by atoms with van der Waals surface area (Å²) in [5.74, 6) is 0.174. The first kappa shape index (κ1) is 21.3. The van der Waals surface area contributed by atoms with Crippen LogP contribution in [-0.4, -0.2) is 44.8 Å².